The van der Waals surface area contributed by atoms with Gasteiger partial charge < -0.3 is 44.1 Å². The van der Waals surface area contributed by atoms with E-state index in [-0.39, 0.29) is 6.10 Å². The second kappa shape index (κ2) is 9.51. The number of aliphatic hydroxyl groups excluding tert-OH is 4. The molecule has 0 aliphatic carbocycles. The lowest BCUT2D eigenvalue weighted by Crippen LogP contribution is -2.60. The highest BCUT2D eigenvalue weighted by Crippen LogP contribution is 2.43. The number of hydrogen-bond donors (Lipinski definition) is 4. The Kier molecular flexibility index (Phi) is 6.73. The van der Waals surface area contributed by atoms with Crippen molar-refractivity contribution in [3.05, 3.63) is 47.5 Å². The molecule has 6 atom stereocenters. The van der Waals surface area contributed by atoms with E-state index in [9.17, 15) is 20.4 Å². The molecule has 0 bridgehead atoms. The third kappa shape index (κ3) is 4.35. The molecular formula is C23H28O9. The number of ether oxygens (including phenoxy) is 5. The Morgan fingerprint density at radius 1 is 0.938 bits per heavy atom. The van der Waals surface area contributed by atoms with Crippen molar-refractivity contribution in [2.45, 2.75) is 49.7 Å². The summed E-state index contributed by atoms with van der Waals surface area (Å²) in [6.45, 7) is -0.534. The first kappa shape index (κ1) is 22.6. The van der Waals surface area contributed by atoms with Gasteiger partial charge in [-0.1, -0.05) is 12.1 Å². The number of fused-ring (bicyclic) bond motifs is 1. The number of hydrogen-bond acceptors (Lipinski definition) is 9. The Labute approximate surface area is 185 Å². The molecule has 0 unspecified atom stereocenters. The molecule has 32 heavy (non-hydrogen) atoms. The molecule has 174 valence electrons. The van der Waals surface area contributed by atoms with Crippen LogP contribution in [0.5, 0.6) is 23.0 Å². The van der Waals surface area contributed by atoms with Crippen LogP contribution in [0.4, 0.5) is 0 Å². The fourth-order valence-corrected chi connectivity index (χ4v) is 4.00. The van der Waals surface area contributed by atoms with Gasteiger partial charge in [0.05, 0.1) is 20.8 Å². The lowest BCUT2D eigenvalue weighted by atomic mass is 9.96. The maximum absolute atomic E-state index is 10.3. The molecule has 2 heterocycles. The van der Waals surface area contributed by atoms with Gasteiger partial charge in [0.2, 0.25) is 6.29 Å². The van der Waals surface area contributed by atoms with Crippen molar-refractivity contribution in [1.29, 1.82) is 0 Å². The standard InChI is InChI=1S/C23H28O9/c1-28-13-5-3-12(4-6-13)16-8-7-15-17(30-16)9-14(29-2)10-18(15)31-23-22(27)21(26)20(25)19(11-24)32-23/h3-6,9-10,16,19-27H,7-8,11H2,1-2H3/t16-,19+,20+,21+,22+,23+/m1/s1. The largest absolute Gasteiger partial charge is 0.497 e. The Morgan fingerprint density at radius 3 is 2.31 bits per heavy atom. The molecule has 9 nitrogen and oxygen atoms in total. The first-order valence-corrected chi connectivity index (χ1v) is 10.4. The molecule has 2 aromatic carbocycles. The minimum Gasteiger partial charge on any atom is -0.497 e. The van der Waals surface area contributed by atoms with Crippen molar-refractivity contribution >= 4 is 0 Å². The van der Waals surface area contributed by atoms with E-state index < -0.39 is 37.3 Å². The Morgan fingerprint density at radius 2 is 1.66 bits per heavy atom. The van der Waals surface area contributed by atoms with Crippen LogP contribution in [0.1, 0.15) is 23.7 Å². The summed E-state index contributed by atoms with van der Waals surface area (Å²) < 4.78 is 28.2. The third-order valence-corrected chi connectivity index (χ3v) is 5.88. The van der Waals surface area contributed by atoms with Gasteiger partial charge in [-0.25, -0.2) is 0 Å². The zero-order valence-electron chi connectivity index (χ0n) is 17.9. The van der Waals surface area contributed by atoms with Crippen molar-refractivity contribution in [3.63, 3.8) is 0 Å². The fraction of sp³-hybridized carbons (Fsp3) is 0.478. The average Bonchev–Trinajstić information content (AvgIpc) is 2.83. The minimum atomic E-state index is -1.52. The summed E-state index contributed by atoms with van der Waals surface area (Å²) >= 11 is 0. The van der Waals surface area contributed by atoms with E-state index in [4.69, 9.17) is 23.7 Å². The molecule has 4 N–H and O–H groups in total. The molecule has 9 heteroatoms. The van der Waals surface area contributed by atoms with Crippen LogP contribution >= 0.6 is 0 Å². The second-order valence-corrected chi connectivity index (χ2v) is 7.84. The van der Waals surface area contributed by atoms with Crippen LogP contribution in [0.15, 0.2) is 36.4 Å². The highest BCUT2D eigenvalue weighted by Gasteiger charge is 2.45. The smallest absolute Gasteiger partial charge is 0.229 e. The molecule has 1 fully saturated rings. The molecule has 0 saturated carbocycles. The van der Waals surface area contributed by atoms with Crippen molar-refractivity contribution in [2.24, 2.45) is 0 Å². The van der Waals surface area contributed by atoms with Crippen LogP contribution < -0.4 is 18.9 Å². The fourth-order valence-electron chi connectivity index (χ4n) is 4.00. The number of aliphatic hydroxyl groups is 4. The SMILES string of the molecule is COc1ccc([C@H]2CCc3c(O[C@H]4O[C@@H](CO)[C@H](O)[C@H](O)[C@@H]4O)cc(OC)cc3O2)cc1. The molecular weight excluding hydrogens is 420 g/mol. The van der Waals surface area contributed by atoms with E-state index in [0.29, 0.717) is 30.1 Å². The van der Waals surface area contributed by atoms with Crippen LogP contribution in [-0.4, -0.2) is 72.0 Å². The molecule has 0 radical (unpaired) electrons. The van der Waals surface area contributed by atoms with E-state index in [1.807, 2.05) is 24.3 Å². The molecule has 0 amide bonds. The Hall–Kier alpha value is -2.56. The van der Waals surface area contributed by atoms with Crippen molar-refractivity contribution in [1.82, 2.24) is 0 Å². The molecule has 1 saturated heterocycles. The summed E-state index contributed by atoms with van der Waals surface area (Å²) in [5, 5.41) is 39.8. The first-order valence-electron chi connectivity index (χ1n) is 10.4. The van der Waals surface area contributed by atoms with Crippen LogP contribution in [-0.2, 0) is 11.2 Å². The predicted octanol–water partition coefficient (Wildman–Crippen LogP) is 0.949. The quantitative estimate of drug-likeness (QED) is 0.511. The van der Waals surface area contributed by atoms with Crippen LogP contribution in [0.3, 0.4) is 0 Å². The van der Waals surface area contributed by atoms with Crippen molar-refractivity contribution in [3.8, 4) is 23.0 Å². The predicted molar refractivity (Wildman–Crippen MR) is 112 cm³/mol. The van der Waals surface area contributed by atoms with Crippen LogP contribution in [0, 0.1) is 0 Å². The van der Waals surface area contributed by atoms with Gasteiger partial charge in [-0.2, -0.15) is 0 Å². The molecule has 2 aliphatic heterocycles. The lowest BCUT2D eigenvalue weighted by molar-refractivity contribution is -0.277. The topological polar surface area (TPSA) is 127 Å². The van der Waals surface area contributed by atoms with Crippen LogP contribution in [0.2, 0.25) is 0 Å². The zero-order valence-corrected chi connectivity index (χ0v) is 17.9. The summed E-state index contributed by atoms with van der Waals surface area (Å²) in [7, 11) is 3.13. The van der Waals surface area contributed by atoms with Gasteiger partial charge in [0.15, 0.2) is 0 Å². The maximum Gasteiger partial charge on any atom is 0.229 e. The average molecular weight is 448 g/mol. The van der Waals surface area contributed by atoms with Crippen molar-refractivity contribution < 1.29 is 44.1 Å². The first-order chi connectivity index (χ1) is 15.4. The van der Waals surface area contributed by atoms with E-state index >= 15 is 0 Å². The van der Waals surface area contributed by atoms with Gasteiger partial charge >= 0.3 is 0 Å². The van der Waals surface area contributed by atoms with Gasteiger partial charge in [0, 0.05) is 17.7 Å². The van der Waals surface area contributed by atoms with Gasteiger partial charge in [-0.05, 0) is 30.5 Å². The highest BCUT2D eigenvalue weighted by molar-refractivity contribution is 5.52. The maximum atomic E-state index is 10.3. The molecule has 0 spiro atoms. The molecule has 2 aliphatic rings. The van der Waals surface area contributed by atoms with Gasteiger partial charge in [0.25, 0.3) is 0 Å². The van der Waals surface area contributed by atoms with Crippen LogP contribution in [0.25, 0.3) is 0 Å². The second-order valence-electron chi connectivity index (χ2n) is 7.84. The lowest BCUT2D eigenvalue weighted by Gasteiger charge is -2.40. The summed E-state index contributed by atoms with van der Waals surface area (Å²) in [6, 6.07) is 11.1. The number of methoxy groups -OCH3 is 2. The number of benzene rings is 2. The summed E-state index contributed by atoms with van der Waals surface area (Å²) in [5.41, 5.74) is 1.78. The summed E-state index contributed by atoms with van der Waals surface area (Å²) in [6.07, 6.45) is -5.69. The normalized spacial score (nSPS) is 29.6. The molecule has 2 aromatic rings. The molecule has 4 rings (SSSR count). The van der Waals surface area contributed by atoms with E-state index in [1.54, 1.807) is 19.2 Å². The third-order valence-electron chi connectivity index (χ3n) is 5.88. The molecule has 0 aromatic heterocycles. The highest BCUT2D eigenvalue weighted by atomic mass is 16.7. The monoisotopic (exact) mass is 448 g/mol. The minimum absolute atomic E-state index is 0.166. The Balaban J connectivity index is 1.58. The zero-order chi connectivity index (χ0) is 22.8. The Bertz CT molecular complexity index is 914. The van der Waals surface area contributed by atoms with E-state index in [1.165, 1.54) is 7.11 Å². The van der Waals surface area contributed by atoms with Crippen molar-refractivity contribution in [2.75, 3.05) is 20.8 Å². The van der Waals surface area contributed by atoms with Gasteiger partial charge in [0.1, 0.15) is 53.5 Å². The van der Waals surface area contributed by atoms with Gasteiger partial charge in [-0.3, -0.25) is 0 Å². The summed E-state index contributed by atoms with van der Waals surface area (Å²) in [5.74, 6) is 2.20. The summed E-state index contributed by atoms with van der Waals surface area (Å²) in [4.78, 5) is 0. The van der Waals surface area contributed by atoms with E-state index in [2.05, 4.69) is 0 Å². The van der Waals surface area contributed by atoms with Gasteiger partial charge in [-0.15, -0.1) is 0 Å². The number of rotatable bonds is 6. The van der Waals surface area contributed by atoms with E-state index in [0.717, 1.165) is 16.9 Å².